The fraction of sp³-hybridized carbons (Fsp3) is 0.409. The van der Waals surface area contributed by atoms with Crippen LogP contribution in [-0.4, -0.2) is 70.2 Å². The molecule has 1 fully saturated rings. The quantitative estimate of drug-likeness (QED) is 0.579. The number of aliphatic imine (C=N–C) groups is 1. The molecule has 0 unspecified atom stereocenters. The van der Waals surface area contributed by atoms with Gasteiger partial charge in [-0.2, -0.15) is 0 Å². The third-order valence-corrected chi connectivity index (χ3v) is 6.31. The SMILES string of the molecule is CN=C(NCCc1ccc(S(C)(=O)=O)cc1)N1CCN(Cc2ccccc2)CC1. The van der Waals surface area contributed by atoms with Crippen molar-refractivity contribution in [2.24, 2.45) is 4.99 Å². The van der Waals surface area contributed by atoms with Crippen LogP contribution >= 0.6 is 0 Å². The maximum Gasteiger partial charge on any atom is 0.193 e. The van der Waals surface area contributed by atoms with Gasteiger partial charge in [-0.25, -0.2) is 8.42 Å². The highest BCUT2D eigenvalue weighted by Gasteiger charge is 2.19. The van der Waals surface area contributed by atoms with Gasteiger partial charge >= 0.3 is 0 Å². The van der Waals surface area contributed by atoms with E-state index in [9.17, 15) is 8.42 Å². The molecule has 0 spiro atoms. The van der Waals surface area contributed by atoms with Gasteiger partial charge in [0.25, 0.3) is 0 Å². The first-order valence-corrected chi connectivity index (χ1v) is 11.9. The van der Waals surface area contributed by atoms with Gasteiger partial charge in [-0.3, -0.25) is 9.89 Å². The van der Waals surface area contributed by atoms with Crippen molar-refractivity contribution in [3.8, 4) is 0 Å². The molecule has 29 heavy (non-hydrogen) atoms. The molecule has 0 aliphatic carbocycles. The standard InChI is InChI=1S/C22H30N4O2S/c1-23-22(24-13-12-19-8-10-21(11-9-19)29(2,27)28)26-16-14-25(15-17-26)18-20-6-4-3-5-7-20/h3-11H,12-18H2,1-2H3,(H,23,24). The van der Waals surface area contributed by atoms with E-state index < -0.39 is 9.84 Å². The maximum atomic E-state index is 11.5. The van der Waals surface area contributed by atoms with Crippen molar-refractivity contribution in [1.29, 1.82) is 0 Å². The van der Waals surface area contributed by atoms with E-state index in [4.69, 9.17) is 0 Å². The Bertz CT molecular complexity index is 904. The molecule has 1 N–H and O–H groups in total. The van der Waals surface area contributed by atoms with Gasteiger partial charge in [-0.15, -0.1) is 0 Å². The average molecular weight is 415 g/mol. The zero-order chi connectivity index (χ0) is 20.7. The van der Waals surface area contributed by atoms with Crippen LogP contribution in [0.2, 0.25) is 0 Å². The molecule has 0 bridgehead atoms. The predicted molar refractivity (Wildman–Crippen MR) is 118 cm³/mol. The molecule has 0 aromatic heterocycles. The number of sulfone groups is 1. The van der Waals surface area contributed by atoms with E-state index in [1.54, 1.807) is 12.1 Å². The van der Waals surface area contributed by atoms with Crippen LogP contribution in [-0.2, 0) is 22.8 Å². The lowest BCUT2D eigenvalue weighted by atomic mass is 10.1. The fourth-order valence-corrected chi connectivity index (χ4v) is 4.14. The van der Waals surface area contributed by atoms with Crippen molar-refractivity contribution in [3.05, 3.63) is 65.7 Å². The van der Waals surface area contributed by atoms with Crippen LogP contribution in [0.3, 0.4) is 0 Å². The molecule has 2 aromatic carbocycles. The molecule has 0 saturated carbocycles. The molecule has 1 heterocycles. The Morgan fingerprint density at radius 2 is 1.62 bits per heavy atom. The van der Waals surface area contributed by atoms with Crippen LogP contribution in [0.5, 0.6) is 0 Å². The first-order chi connectivity index (χ1) is 14.0. The zero-order valence-corrected chi connectivity index (χ0v) is 18.0. The lowest BCUT2D eigenvalue weighted by Crippen LogP contribution is -2.52. The summed E-state index contributed by atoms with van der Waals surface area (Å²) < 4.78 is 23.1. The number of hydrogen-bond acceptors (Lipinski definition) is 4. The van der Waals surface area contributed by atoms with Crippen molar-refractivity contribution >= 4 is 15.8 Å². The Labute approximate surface area is 174 Å². The zero-order valence-electron chi connectivity index (χ0n) is 17.2. The summed E-state index contributed by atoms with van der Waals surface area (Å²) in [5.41, 5.74) is 2.46. The van der Waals surface area contributed by atoms with Crippen LogP contribution < -0.4 is 5.32 Å². The van der Waals surface area contributed by atoms with Crippen LogP contribution in [0.15, 0.2) is 64.5 Å². The first-order valence-electron chi connectivity index (χ1n) is 9.96. The topological polar surface area (TPSA) is 65.0 Å². The summed E-state index contributed by atoms with van der Waals surface area (Å²) in [6, 6.07) is 17.7. The predicted octanol–water partition coefficient (Wildman–Crippen LogP) is 2.03. The Kier molecular flexibility index (Phi) is 7.28. The van der Waals surface area contributed by atoms with Gasteiger partial charge in [0, 0.05) is 52.6 Å². The molecule has 0 amide bonds. The summed E-state index contributed by atoms with van der Waals surface area (Å²) in [5.74, 6) is 0.928. The molecule has 1 aliphatic heterocycles. The van der Waals surface area contributed by atoms with Crippen molar-refractivity contribution in [2.45, 2.75) is 17.9 Å². The normalized spacial score (nSPS) is 16.1. The van der Waals surface area contributed by atoms with Crippen molar-refractivity contribution in [1.82, 2.24) is 15.1 Å². The lowest BCUT2D eigenvalue weighted by Gasteiger charge is -2.36. The van der Waals surface area contributed by atoms with Gasteiger partial charge < -0.3 is 10.2 Å². The van der Waals surface area contributed by atoms with E-state index in [1.165, 1.54) is 11.8 Å². The summed E-state index contributed by atoms with van der Waals surface area (Å²) in [6.45, 7) is 5.69. The van der Waals surface area contributed by atoms with E-state index in [-0.39, 0.29) is 0 Å². The summed E-state index contributed by atoms with van der Waals surface area (Å²) in [7, 11) is -1.32. The summed E-state index contributed by atoms with van der Waals surface area (Å²) in [6.07, 6.45) is 2.05. The summed E-state index contributed by atoms with van der Waals surface area (Å²) in [5, 5.41) is 3.44. The number of nitrogens with one attached hydrogen (secondary N) is 1. The minimum atomic E-state index is -3.14. The Hall–Kier alpha value is -2.38. The summed E-state index contributed by atoms with van der Waals surface area (Å²) in [4.78, 5) is 9.57. The van der Waals surface area contributed by atoms with Gasteiger partial charge in [-0.1, -0.05) is 42.5 Å². The number of benzene rings is 2. The minimum Gasteiger partial charge on any atom is -0.356 e. The molecule has 1 saturated heterocycles. The number of piperazine rings is 1. The van der Waals surface area contributed by atoms with E-state index in [1.807, 2.05) is 19.2 Å². The van der Waals surface area contributed by atoms with E-state index in [0.29, 0.717) is 4.90 Å². The monoisotopic (exact) mass is 414 g/mol. The second-order valence-electron chi connectivity index (χ2n) is 7.39. The lowest BCUT2D eigenvalue weighted by molar-refractivity contribution is 0.172. The van der Waals surface area contributed by atoms with E-state index >= 15 is 0 Å². The van der Waals surface area contributed by atoms with E-state index in [0.717, 1.165) is 57.2 Å². The number of nitrogens with zero attached hydrogens (tertiary/aromatic N) is 3. The van der Waals surface area contributed by atoms with Crippen LogP contribution in [0.4, 0.5) is 0 Å². The highest BCUT2D eigenvalue weighted by molar-refractivity contribution is 7.90. The molecule has 6 nitrogen and oxygen atoms in total. The first kappa shape index (κ1) is 21.3. The van der Waals surface area contributed by atoms with Crippen LogP contribution in [0.1, 0.15) is 11.1 Å². The van der Waals surface area contributed by atoms with Crippen molar-refractivity contribution in [2.75, 3.05) is 46.0 Å². The van der Waals surface area contributed by atoms with Gasteiger partial charge in [0.15, 0.2) is 15.8 Å². The fourth-order valence-electron chi connectivity index (χ4n) is 3.51. The highest BCUT2D eigenvalue weighted by Crippen LogP contribution is 2.11. The molecular weight excluding hydrogens is 384 g/mol. The number of guanidine groups is 1. The largest absolute Gasteiger partial charge is 0.356 e. The number of rotatable bonds is 6. The highest BCUT2D eigenvalue weighted by atomic mass is 32.2. The van der Waals surface area contributed by atoms with Crippen LogP contribution in [0.25, 0.3) is 0 Å². The smallest absolute Gasteiger partial charge is 0.193 e. The van der Waals surface area contributed by atoms with Gasteiger partial charge in [0.1, 0.15) is 0 Å². The number of hydrogen-bond donors (Lipinski definition) is 1. The molecule has 0 atom stereocenters. The van der Waals surface area contributed by atoms with Crippen LogP contribution in [0, 0.1) is 0 Å². The van der Waals surface area contributed by atoms with Gasteiger partial charge in [0.05, 0.1) is 4.90 Å². The molecular formula is C22H30N4O2S. The average Bonchev–Trinajstić information content (AvgIpc) is 2.72. The third-order valence-electron chi connectivity index (χ3n) is 5.18. The van der Waals surface area contributed by atoms with Crippen molar-refractivity contribution < 1.29 is 8.42 Å². The van der Waals surface area contributed by atoms with Gasteiger partial charge in [0.2, 0.25) is 0 Å². The Morgan fingerprint density at radius 3 is 2.21 bits per heavy atom. The van der Waals surface area contributed by atoms with Gasteiger partial charge in [-0.05, 0) is 29.7 Å². The molecule has 1 aliphatic rings. The molecule has 2 aromatic rings. The van der Waals surface area contributed by atoms with Crippen molar-refractivity contribution in [3.63, 3.8) is 0 Å². The molecule has 7 heteroatoms. The Balaban J connectivity index is 1.44. The molecule has 156 valence electrons. The Morgan fingerprint density at radius 1 is 0.966 bits per heavy atom. The summed E-state index contributed by atoms with van der Waals surface area (Å²) >= 11 is 0. The minimum absolute atomic E-state index is 0.360. The molecule has 0 radical (unpaired) electrons. The second-order valence-corrected chi connectivity index (χ2v) is 9.40. The maximum absolute atomic E-state index is 11.5. The second kappa shape index (κ2) is 9.89. The van der Waals surface area contributed by atoms with E-state index in [2.05, 4.69) is 50.4 Å². The molecule has 3 rings (SSSR count). The third kappa shape index (κ3) is 6.30.